The first kappa shape index (κ1) is 12.0. The van der Waals surface area contributed by atoms with Gasteiger partial charge >= 0.3 is 5.97 Å². The summed E-state index contributed by atoms with van der Waals surface area (Å²) in [4.78, 5) is 23.6. The summed E-state index contributed by atoms with van der Waals surface area (Å²) in [6.45, 7) is 0. The number of carboxylic acid groups (broad SMARTS) is 1. The molecule has 0 aliphatic rings. The fourth-order valence-corrected chi connectivity index (χ4v) is 3.24. The summed E-state index contributed by atoms with van der Waals surface area (Å²) >= 11 is 1.64. The third-order valence-corrected chi connectivity index (χ3v) is 4.37. The van der Waals surface area contributed by atoms with Gasteiger partial charge in [-0.1, -0.05) is 18.2 Å². The van der Waals surface area contributed by atoms with E-state index in [9.17, 15) is 4.79 Å². The second-order valence-electron chi connectivity index (χ2n) is 4.63. The summed E-state index contributed by atoms with van der Waals surface area (Å²) in [5.41, 5.74) is 1.30. The van der Waals surface area contributed by atoms with Gasteiger partial charge in [0.2, 0.25) is 0 Å². The molecule has 21 heavy (non-hydrogen) atoms. The fraction of sp³-hybridized carbons (Fsp3) is 0. The van der Waals surface area contributed by atoms with Crippen molar-refractivity contribution in [2.45, 2.75) is 0 Å². The number of aromatic amines is 1. The van der Waals surface area contributed by atoms with E-state index in [-0.39, 0.29) is 5.56 Å². The zero-order valence-corrected chi connectivity index (χ0v) is 11.5. The van der Waals surface area contributed by atoms with E-state index in [4.69, 9.17) is 5.11 Å². The summed E-state index contributed by atoms with van der Waals surface area (Å²) in [5.74, 6) is -0.288. The van der Waals surface area contributed by atoms with Crippen molar-refractivity contribution < 1.29 is 9.90 Å². The van der Waals surface area contributed by atoms with Crippen LogP contribution in [0.25, 0.3) is 32.0 Å². The number of carboxylic acids is 1. The number of fused-ring (bicyclic) bond motifs is 2. The first-order valence-corrected chi connectivity index (χ1v) is 7.10. The van der Waals surface area contributed by atoms with Gasteiger partial charge in [0.25, 0.3) is 0 Å². The molecule has 1 aromatic carbocycles. The number of nitrogens with zero attached hydrogens (tertiary/aromatic N) is 2. The van der Waals surface area contributed by atoms with Crippen molar-refractivity contribution >= 4 is 38.6 Å². The van der Waals surface area contributed by atoms with E-state index in [1.165, 1.54) is 10.9 Å². The highest BCUT2D eigenvalue weighted by atomic mass is 32.1. The molecular weight excluding hydrogens is 286 g/mol. The largest absolute Gasteiger partial charge is 0.478 e. The lowest BCUT2D eigenvalue weighted by molar-refractivity contribution is 0.0696. The topological polar surface area (TPSA) is 78.9 Å². The third-order valence-electron chi connectivity index (χ3n) is 3.24. The molecule has 0 bridgehead atoms. The van der Waals surface area contributed by atoms with E-state index in [1.807, 2.05) is 12.1 Å². The van der Waals surface area contributed by atoms with E-state index in [2.05, 4.69) is 33.2 Å². The van der Waals surface area contributed by atoms with Crippen LogP contribution in [-0.4, -0.2) is 26.0 Å². The highest BCUT2D eigenvalue weighted by Crippen LogP contribution is 2.32. The summed E-state index contributed by atoms with van der Waals surface area (Å²) < 4.78 is 1.19. The molecular formula is C15H9N3O2S. The molecule has 0 fully saturated rings. The van der Waals surface area contributed by atoms with Gasteiger partial charge in [-0.15, -0.1) is 11.3 Å². The number of aromatic nitrogens is 3. The maximum atomic E-state index is 11.0. The molecule has 0 atom stereocenters. The van der Waals surface area contributed by atoms with Crippen LogP contribution in [0.3, 0.4) is 0 Å². The smallest absolute Gasteiger partial charge is 0.337 e. The molecule has 4 rings (SSSR count). The van der Waals surface area contributed by atoms with Gasteiger partial charge in [-0.3, -0.25) is 0 Å². The predicted molar refractivity (Wildman–Crippen MR) is 81.7 cm³/mol. The number of carbonyl (C=O) groups is 1. The number of hydrogen-bond acceptors (Lipinski definition) is 4. The number of benzene rings is 1. The molecule has 0 spiro atoms. The van der Waals surface area contributed by atoms with Crippen LogP contribution in [-0.2, 0) is 0 Å². The number of hydrogen-bond donors (Lipinski definition) is 2. The van der Waals surface area contributed by atoms with Crippen molar-refractivity contribution in [2.24, 2.45) is 0 Å². The maximum Gasteiger partial charge on any atom is 0.337 e. The molecule has 0 aliphatic heterocycles. The normalized spacial score (nSPS) is 11.2. The molecule has 3 heterocycles. The SMILES string of the molecule is O=C(O)c1cnc2nc(-c3cc4ccccc4s3)[nH]c2c1. The molecule has 0 saturated carbocycles. The average molecular weight is 295 g/mol. The molecule has 3 aromatic heterocycles. The van der Waals surface area contributed by atoms with Crippen LogP contribution < -0.4 is 0 Å². The third kappa shape index (κ3) is 1.96. The van der Waals surface area contributed by atoms with Crippen LogP contribution in [0.15, 0.2) is 42.6 Å². The minimum absolute atomic E-state index is 0.147. The fourth-order valence-electron chi connectivity index (χ4n) is 2.23. The van der Waals surface area contributed by atoms with Gasteiger partial charge < -0.3 is 10.1 Å². The van der Waals surface area contributed by atoms with E-state index in [0.717, 1.165) is 10.3 Å². The lowest BCUT2D eigenvalue weighted by Crippen LogP contribution is -1.96. The Balaban J connectivity index is 1.87. The van der Waals surface area contributed by atoms with Crippen molar-refractivity contribution in [2.75, 3.05) is 0 Å². The Hall–Kier alpha value is -2.73. The number of imidazole rings is 1. The molecule has 2 N–H and O–H groups in total. The maximum absolute atomic E-state index is 11.0. The Kier molecular flexibility index (Phi) is 2.52. The highest BCUT2D eigenvalue weighted by Gasteiger charge is 2.12. The Morgan fingerprint density at radius 2 is 2.10 bits per heavy atom. The summed E-state index contributed by atoms with van der Waals surface area (Å²) in [6, 6.07) is 11.7. The van der Waals surface area contributed by atoms with Gasteiger partial charge in [-0.05, 0) is 23.6 Å². The minimum atomic E-state index is -0.998. The first-order valence-electron chi connectivity index (χ1n) is 6.29. The molecule has 4 aromatic rings. The Labute approximate surface area is 122 Å². The standard InChI is InChI=1S/C15H9N3O2S/c19-15(20)9-5-10-13(16-7-9)18-14(17-10)12-6-8-3-1-2-4-11(8)21-12/h1-7H,(H,19,20)(H,16,17,18). The molecule has 5 nitrogen and oxygen atoms in total. The summed E-state index contributed by atoms with van der Waals surface area (Å²) in [6.07, 6.45) is 1.32. The van der Waals surface area contributed by atoms with E-state index < -0.39 is 5.97 Å². The summed E-state index contributed by atoms with van der Waals surface area (Å²) in [5, 5.41) is 10.2. The van der Waals surface area contributed by atoms with Gasteiger partial charge in [0.15, 0.2) is 11.5 Å². The second kappa shape index (κ2) is 4.39. The Bertz CT molecular complexity index is 954. The number of thiophene rings is 1. The van der Waals surface area contributed by atoms with Gasteiger partial charge in [0, 0.05) is 10.9 Å². The van der Waals surface area contributed by atoms with Gasteiger partial charge in [0.1, 0.15) is 0 Å². The average Bonchev–Trinajstić information content (AvgIpc) is 3.09. The zero-order chi connectivity index (χ0) is 14.4. The van der Waals surface area contributed by atoms with Gasteiger partial charge in [0.05, 0.1) is 16.0 Å². The lowest BCUT2D eigenvalue weighted by Gasteiger charge is -1.91. The second-order valence-corrected chi connectivity index (χ2v) is 5.72. The van der Waals surface area contributed by atoms with E-state index in [0.29, 0.717) is 17.0 Å². The molecule has 102 valence electrons. The monoisotopic (exact) mass is 295 g/mol. The predicted octanol–water partition coefficient (Wildman–Crippen LogP) is 3.54. The van der Waals surface area contributed by atoms with Crippen LogP contribution in [0.1, 0.15) is 10.4 Å². The van der Waals surface area contributed by atoms with Gasteiger partial charge in [-0.2, -0.15) is 0 Å². The Morgan fingerprint density at radius 3 is 2.90 bits per heavy atom. The van der Waals surface area contributed by atoms with Crippen LogP contribution in [0.2, 0.25) is 0 Å². The molecule has 0 unspecified atom stereocenters. The molecule has 6 heteroatoms. The van der Waals surface area contributed by atoms with Crippen LogP contribution in [0.4, 0.5) is 0 Å². The van der Waals surface area contributed by atoms with Crippen molar-refractivity contribution in [3.63, 3.8) is 0 Å². The number of nitrogens with one attached hydrogen (secondary N) is 1. The van der Waals surface area contributed by atoms with Crippen LogP contribution in [0, 0.1) is 0 Å². The van der Waals surface area contributed by atoms with Gasteiger partial charge in [-0.25, -0.2) is 14.8 Å². The van der Waals surface area contributed by atoms with E-state index in [1.54, 1.807) is 17.4 Å². The van der Waals surface area contributed by atoms with Crippen molar-refractivity contribution in [1.29, 1.82) is 0 Å². The molecule has 0 radical (unpaired) electrons. The lowest BCUT2D eigenvalue weighted by atomic mass is 10.2. The Morgan fingerprint density at radius 1 is 1.24 bits per heavy atom. The zero-order valence-electron chi connectivity index (χ0n) is 10.7. The number of pyridine rings is 1. The molecule has 0 amide bonds. The van der Waals surface area contributed by atoms with E-state index >= 15 is 0 Å². The minimum Gasteiger partial charge on any atom is -0.478 e. The highest BCUT2D eigenvalue weighted by molar-refractivity contribution is 7.22. The van der Waals surface area contributed by atoms with Crippen molar-refractivity contribution in [3.05, 3.63) is 48.2 Å². The number of aromatic carboxylic acids is 1. The van der Waals surface area contributed by atoms with Crippen molar-refractivity contribution in [3.8, 4) is 10.7 Å². The first-order chi connectivity index (χ1) is 10.2. The number of H-pyrrole nitrogens is 1. The number of rotatable bonds is 2. The van der Waals surface area contributed by atoms with Crippen molar-refractivity contribution in [1.82, 2.24) is 15.0 Å². The molecule has 0 saturated heterocycles. The van der Waals surface area contributed by atoms with Crippen LogP contribution in [0.5, 0.6) is 0 Å². The van der Waals surface area contributed by atoms with Crippen LogP contribution >= 0.6 is 11.3 Å². The molecule has 0 aliphatic carbocycles. The summed E-state index contributed by atoms with van der Waals surface area (Å²) in [7, 11) is 0. The quantitative estimate of drug-likeness (QED) is 0.593.